The number of anilines is 1. The zero-order chi connectivity index (χ0) is 32.1. The number of aliphatic imine (C=N–C) groups is 1. The molecule has 10 nitrogen and oxygen atoms in total. The summed E-state index contributed by atoms with van der Waals surface area (Å²) in [6, 6.07) is 17.2. The van der Waals surface area contributed by atoms with E-state index in [-0.39, 0.29) is 35.1 Å². The summed E-state index contributed by atoms with van der Waals surface area (Å²) in [7, 11) is 0. The average molecular weight is 659 g/mol. The van der Waals surface area contributed by atoms with Crippen LogP contribution in [-0.2, 0) is 16.1 Å². The Morgan fingerprint density at radius 3 is 2.53 bits per heavy atom. The first-order valence-corrected chi connectivity index (χ1v) is 15.0. The molecule has 0 aliphatic carbocycles. The van der Waals surface area contributed by atoms with Crippen LogP contribution in [0.3, 0.4) is 0 Å². The topological polar surface area (TPSA) is 111 Å². The van der Waals surface area contributed by atoms with Crippen LogP contribution < -0.4 is 15.1 Å². The minimum absolute atomic E-state index is 0.118. The highest BCUT2D eigenvalue weighted by atomic mass is 35.5. The smallest absolute Gasteiger partial charge is 0.406 e. The van der Waals surface area contributed by atoms with E-state index in [9.17, 15) is 22.8 Å². The number of amidine groups is 1. The zero-order valence-corrected chi connectivity index (χ0v) is 25.5. The third-order valence-corrected chi connectivity index (χ3v) is 7.67. The first-order chi connectivity index (χ1) is 21.5. The van der Waals surface area contributed by atoms with E-state index < -0.39 is 12.4 Å². The summed E-state index contributed by atoms with van der Waals surface area (Å²) < 4.78 is 42.5. The lowest BCUT2D eigenvalue weighted by Gasteiger charge is -2.21. The molecule has 3 aromatic carbocycles. The van der Waals surface area contributed by atoms with Crippen molar-refractivity contribution >= 4 is 46.2 Å². The summed E-state index contributed by atoms with van der Waals surface area (Å²) in [4.78, 5) is 40.2. The van der Waals surface area contributed by atoms with Crippen molar-refractivity contribution < 1.29 is 32.3 Å². The second kappa shape index (κ2) is 13.7. The Hall–Kier alpha value is -4.40. The van der Waals surface area contributed by atoms with E-state index in [4.69, 9.17) is 16.4 Å². The second-order valence-corrected chi connectivity index (χ2v) is 11.4. The van der Waals surface area contributed by atoms with Gasteiger partial charge in [-0.25, -0.2) is 19.9 Å². The number of nitrogens with zero attached hydrogens (tertiary/aromatic N) is 5. The molecule has 1 fully saturated rings. The summed E-state index contributed by atoms with van der Waals surface area (Å²) >= 11 is 7.36. The van der Waals surface area contributed by atoms with Crippen LogP contribution in [-0.4, -0.2) is 50.6 Å². The standard InChI is InChI=1S/C30H26ClF3N6O4S/c1-18(2)24-12-7-21(31)15-25(24)40-26(41)16-45-29(40)36-28(42)38-43-14-13-19-3-5-20(6-4-19)27-35-17-39(37-27)22-8-10-23(11-9-22)44-30(32,33)34/h3-12,15,17-18H,13-14,16H2,1-2H3,(H,38,42)/b36-29-. The number of carbonyl (C=O) groups is 2. The number of aromatic nitrogens is 3. The van der Waals surface area contributed by atoms with Gasteiger partial charge >= 0.3 is 12.4 Å². The summed E-state index contributed by atoms with van der Waals surface area (Å²) in [6.07, 6.45) is -2.83. The van der Waals surface area contributed by atoms with Gasteiger partial charge in [0.15, 0.2) is 11.0 Å². The number of benzene rings is 3. The normalized spacial score (nSPS) is 14.4. The van der Waals surface area contributed by atoms with Crippen molar-refractivity contribution in [2.75, 3.05) is 17.3 Å². The predicted octanol–water partition coefficient (Wildman–Crippen LogP) is 6.93. The third-order valence-electron chi connectivity index (χ3n) is 6.51. The van der Waals surface area contributed by atoms with Gasteiger partial charge in [0, 0.05) is 10.6 Å². The molecule has 0 unspecified atom stereocenters. The molecule has 1 N–H and O–H groups in total. The molecule has 1 aromatic heterocycles. The molecule has 3 amide bonds. The molecule has 1 aliphatic heterocycles. The number of amides is 3. The van der Waals surface area contributed by atoms with E-state index in [1.54, 1.807) is 12.1 Å². The van der Waals surface area contributed by atoms with Crippen LogP contribution in [0.1, 0.15) is 30.9 Å². The molecule has 0 saturated carbocycles. The van der Waals surface area contributed by atoms with E-state index >= 15 is 0 Å². The number of nitrogens with one attached hydrogen (secondary N) is 1. The average Bonchev–Trinajstić information content (AvgIpc) is 3.62. The van der Waals surface area contributed by atoms with Crippen LogP contribution in [0.4, 0.5) is 23.7 Å². The largest absolute Gasteiger partial charge is 0.573 e. The van der Waals surface area contributed by atoms with Gasteiger partial charge in [-0.2, -0.15) is 4.99 Å². The lowest BCUT2D eigenvalue weighted by atomic mass is 10.0. The van der Waals surface area contributed by atoms with Gasteiger partial charge in [0.25, 0.3) is 0 Å². The maximum atomic E-state index is 12.7. The van der Waals surface area contributed by atoms with Gasteiger partial charge in [-0.3, -0.25) is 14.5 Å². The molecule has 15 heteroatoms. The fourth-order valence-electron chi connectivity index (χ4n) is 4.41. The molecule has 45 heavy (non-hydrogen) atoms. The quantitative estimate of drug-likeness (QED) is 0.153. The number of halogens is 4. The summed E-state index contributed by atoms with van der Waals surface area (Å²) in [5.74, 6) is 0.166. The number of rotatable bonds is 9. The fraction of sp³-hybridized carbons (Fsp3) is 0.233. The third kappa shape index (κ3) is 8.21. The minimum Gasteiger partial charge on any atom is -0.406 e. The molecule has 1 saturated heterocycles. The number of hydrogen-bond donors (Lipinski definition) is 1. The van der Waals surface area contributed by atoms with Crippen LogP contribution in [0.2, 0.25) is 5.02 Å². The maximum absolute atomic E-state index is 12.7. The first-order valence-electron chi connectivity index (χ1n) is 13.6. The Kier molecular flexibility index (Phi) is 9.75. The van der Waals surface area contributed by atoms with Crippen LogP contribution in [0.15, 0.2) is 78.0 Å². The van der Waals surface area contributed by atoms with E-state index in [0.717, 1.165) is 28.5 Å². The van der Waals surface area contributed by atoms with Crippen LogP contribution >= 0.6 is 23.4 Å². The number of hydroxylamine groups is 1. The molecule has 0 radical (unpaired) electrons. The minimum atomic E-state index is -4.76. The van der Waals surface area contributed by atoms with Crippen molar-refractivity contribution in [2.45, 2.75) is 32.5 Å². The molecular formula is C30H26ClF3N6O4S. The lowest BCUT2D eigenvalue weighted by molar-refractivity contribution is -0.274. The summed E-state index contributed by atoms with van der Waals surface area (Å²) in [5, 5.41) is 5.10. The van der Waals surface area contributed by atoms with Gasteiger partial charge in [0.05, 0.1) is 23.7 Å². The number of hydrogen-bond acceptors (Lipinski definition) is 7. The van der Waals surface area contributed by atoms with Gasteiger partial charge in [-0.1, -0.05) is 67.5 Å². The van der Waals surface area contributed by atoms with Crippen LogP contribution in [0.5, 0.6) is 5.75 Å². The lowest BCUT2D eigenvalue weighted by Crippen LogP contribution is -2.32. The Labute approximate surface area is 265 Å². The second-order valence-electron chi connectivity index (χ2n) is 10.0. The van der Waals surface area contributed by atoms with E-state index in [2.05, 4.69) is 25.3 Å². The molecule has 234 valence electrons. The first kappa shape index (κ1) is 32.0. The molecule has 4 aromatic rings. The number of ether oxygens (including phenoxy) is 1. The fourth-order valence-corrected chi connectivity index (χ4v) is 5.44. The van der Waals surface area contributed by atoms with Crippen molar-refractivity contribution in [3.8, 4) is 22.8 Å². The van der Waals surface area contributed by atoms with Crippen molar-refractivity contribution in [1.82, 2.24) is 20.2 Å². The van der Waals surface area contributed by atoms with Crippen LogP contribution in [0, 0.1) is 0 Å². The van der Waals surface area contributed by atoms with E-state index in [1.807, 2.05) is 44.2 Å². The number of urea groups is 1. The predicted molar refractivity (Wildman–Crippen MR) is 165 cm³/mol. The van der Waals surface area contributed by atoms with Gasteiger partial charge < -0.3 is 4.74 Å². The molecule has 0 spiro atoms. The van der Waals surface area contributed by atoms with Crippen molar-refractivity contribution in [3.63, 3.8) is 0 Å². The highest BCUT2D eigenvalue weighted by Crippen LogP contribution is 2.35. The van der Waals surface area contributed by atoms with Gasteiger partial charge in [-0.05, 0) is 59.9 Å². The number of alkyl halides is 3. The summed E-state index contributed by atoms with van der Waals surface area (Å²) in [5.41, 5.74) is 5.96. The van der Waals surface area contributed by atoms with E-state index in [1.165, 1.54) is 40.2 Å². The van der Waals surface area contributed by atoms with Crippen molar-refractivity contribution in [2.24, 2.45) is 4.99 Å². The van der Waals surface area contributed by atoms with E-state index in [0.29, 0.717) is 28.6 Å². The Bertz CT molecular complexity index is 1710. The zero-order valence-electron chi connectivity index (χ0n) is 23.9. The van der Waals surface area contributed by atoms with Crippen molar-refractivity contribution in [1.29, 1.82) is 0 Å². The number of carbonyl (C=O) groups excluding carboxylic acids is 2. The summed E-state index contributed by atoms with van der Waals surface area (Å²) in [6.45, 7) is 4.17. The maximum Gasteiger partial charge on any atom is 0.573 e. The highest BCUT2D eigenvalue weighted by molar-refractivity contribution is 8.15. The molecule has 0 bridgehead atoms. The Morgan fingerprint density at radius 2 is 1.84 bits per heavy atom. The van der Waals surface area contributed by atoms with Gasteiger partial charge in [0.1, 0.15) is 12.1 Å². The van der Waals surface area contributed by atoms with Crippen molar-refractivity contribution in [3.05, 3.63) is 89.2 Å². The molecule has 2 heterocycles. The molecular weight excluding hydrogens is 633 g/mol. The van der Waals surface area contributed by atoms with Crippen LogP contribution in [0.25, 0.3) is 17.1 Å². The Morgan fingerprint density at radius 1 is 1.11 bits per heavy atom. The number of thioether (sulfide) groups is 1. The monoisotopic (exact) mass is 658 g/mol. The van der Waals surface area contributed by atoms with Gasteiger partial charge in [-0.15, -0.1) is 18.3 Å². The molecule has 0 atom stereocenters. The highest BCUT2D eigenvalue weighted by Gasteiger charge is 2.33. The molecule has 5 rings (SSSR count). The Balaban J connectivity index is 1.13. The molecule has 1 aliphatic rings. The SMILES string of the molecule is CC(C)c1ccc(Cl)cc1N1C(=O)CS/C1=N\C(=O)NOCCc1ccc(-c2ncn(-c3ccc(OC(F)(F)F)cc3)n2)cc1. The van der Waals surface area contributed by atoms with Gasteiger partial charge in [0.2, 0.25) is 5.91 Å².